The van der Waals surface area contributed by atoms with Crippen LogP contribution in [0.4, 0.5) is 0 Å². The molecule has 0 aromatic heterocycles. The standard InChI is InChI=1S/C14H23N3O/c1-10-8-11(6-7-12(10)18-5)9-16-13(15)17-14(2,3)4/h6-8H,9H2,1-5H3,(H3,15,16,17). The van der Waals surface area contributed by atoms with Crippen molar-refractivity contribution in [3.63, 3.8) is 0 Å². The van der Waals surface area contributed by atoms with Gasteiger partial charge in [-0.25, -0.2) is 4.99 Å². The predicted octanol–water partition coefficient (Wildman–Crippen LogP) is 2.21. The Bertz CT molecular complexity index is 433. The summed E-state index contributed by atoms with van der Waals surface area (Å²) in [6, 6.07) is 6.01. The molecule has 0 atom stereocenters. The van der Waals surface area contributed by atoms with Gasteiger partial charge in [0, 0.05) is 5.54 Å². The molecule has 0 aliphatic rings. The summed E-state index contributed by atoms with van der Waals surface area (Å²) < 4.78 is 5.22. The number of hydrogen-bond acceptors (Lipinski definition) is 2. The molecule has 0 saturated heterocycles. The minimum atomic E-state index is -0.0661. The fraction of sp³-hybridized carbons (Fsp3) is 0.500. The van der Waals surface area contributed by atoms with Crippen molar-refractivity contribution in [1.82, 2.24) is 5.32 Å². The van der Waals surface area contributed by atoms with Crippen molar-refractivity contribution < 1.29 is 4.74 Å². The molecule has 0 radical (unpaired) electrons. The maximum Gasteiger partial charge on any atom is 0.189 e. The highest BCUT2D eigenvalue weighted by Crippen LogP contribution is 2.18. The van der Waals surface area contributed by atoms with Crippen molar-refractivity contribution in [2.45, 2.75) is 39.8 Å². The number of aryl methyl sites for hydroxylation is 1. The smallest absolute Gasteiger partial charge is 0.189 e. The lowest BCUT2D eigenvalue weighted by Gasteiger charge is -2.21. The third kappa shape index (κ3) is 4.65. The van der Waals surface area contributed by atoms with Crippen molar-refractivity contribution in [3.05, 3.63) is 29.3 Å². The number of ether oxygens (including phenoxy) is 1. The molecule has 100 valence electrons. The van der Waals surface area contributed by atoms with Crippen molar-refractivity contribution in [2.75, 3.05) is 7.11 Å². The van der Waals surface area contributed by atoms with E-state index in [0.29, 0.717) is 12.5 Å². The molecule has 0 unspecified atom stereocenters. The summed E-state index contributed by atoms with van der Waals surface area (Å²) in [6.45, 7) is 8.73. The van der Waals surface area contributed by atoms with Crippen LogP contribution in [0.25, 0.3) is 0 Å². The first-order valence-corrected chi connectivity index (χ1v) is 6.03. The summed E-state index contributed by atoms with van der Waals surface area (Å²) >= 11 is 0. The second kappa shape index (κ2) is 5.76. The minimum Gasteiger partial charge on any atom is -0.496 e. The lowest BCUT2D eigenvalue weighted by atomic mass is 10.1. The van der Waals surface area contributed by atoms with Gasteiger partial charge in [-0.1, -0.05) is 12.1 Å². The van der Waals surface area contributed by atoms with E-state index in [9.17, 15) is 0 Å². The van der Waals surface area contributed by atoms with Gasteiger partial charge in [-0.2, -0.15) is 0 Å². The monoisotopic (exact) mass is 249 g/mol. The second-order valence-corrected chi connectivity index (χ2v) is 5.38. The highest BCUT2D eigenvalue weighted by atomic mass is 16.5. The molecule has 3 N–H and O–H groups in total. The maximum absolute atomic E-state index is 5.82. The Morgan fingerprint density at radius 3 is 2.56 bits per heavy atom. The van der Waals surface area contributed by atoms with E-state index in [0.717, 1.165) is 16.9 Å². The number of nitrogens with zero attached hydrogens (tertiary/aromatic N) is 1. The molecule has 4 nitrogen and oxygen atoms in total. The molecule has 1 aromatic carbocycles. The number of benzene rings is 1. The maximum atomic E-state index is 5.82. The van der Waals surface area contributed by atoms with E-state index in [-0.39, 0.29) is 5.54 Å². The first-order chi connectivity index (χ1) is 8.31. The quantitative estimate of drug-likeness (QED) is 0.638. The number of methoxy groups -OCH3 is 1. The van der Waals surface area contributed by atoms with Crippen LogP contribution in [0.5, 0.6) is 5.75 Å². The van der Waals surface area contributed by atoms with Gasteiger partial charge in [0.25, 0.3) is 0 Å². The summed E-state index contributed by atoms with van der Waals surface area (Å²) in [5, 5.41) is 3.13. The fourth-order valence-electron chi connectivity index (χ4n) is 1.64. The van der Waals surface area contributed by atoms with E-state index >= 15 is 0 Å². The topological polar surface area (TPSA) is 59.6 Å². The molecular weight excluding hydrogens is 226 g/mol. The van der Waals surface area contributed by atoms with Crippen LogP contribution in [0.1, 0.15) is 31.9 Å². The number of guanidine groups is 1. The lowest BCUT2D eigenvalue weighted by Crippen LogP contribution is -2.44. The van der Waals surface area contributed by atoms with Crippen LogP contribution < -0.4 is 15.8 Å². The van der Waals surface area contributed by atoms with E-state index in [1.807, 2.05) is 39.8 Å². The number of rotatable bonds is 3. The highest BCUT2D eigenvalue weighted by Gasteiger charge is 2.09. The van der Waals surface area contributed by atoms with E-state index in [1.165, 1.54) is 0 Å². The van der Waals surface area contributed by atoms with Crippen LogP contribution >= 0.6 is 0 Å². The van der Waals surface area contributed by atoms with Crippen molar-refractivity contribution in [2.24, 2.45) is 10.7 Å². The Hall–Kier alpha value is -1.71. The number of nitrogens with two attached hydrogens (primary N) is 1. The van der Waals surface area contributed by atoms with Gasteiger partial charge in [-0.05, 0) is 44.9 Å². The Morgan fingerprint density at radius 2 is 2.06 bits per heavy atom. The average molecular weight is 249 g/mol. The predicted molar refractivity (Wildman–Crippen MR) is 75.9 cm³/mol. The average Bonchev–Trinajstić information content (AvgIpc) is 2.24. The number of hydrogen-bond donors (Lipinski definition) is 2. The third-order valence-corrected chi connectivity index (χ3v) is 2.39. The normalized spacial score (nSPS) is 12.4. The highest BCUT2D eigenvalue weighted by molar-refractivity contribution is 5.78. The number of nitrogens with one attached hydrogen (secondary N) is 1. The Morgan fingerprint density at radius 1 is 1.39 bits per heavy atom. The van der Waals surface area contributed by atoms with Crippen molar-refractivity contribution in [3.8, 4) is 5.75 Å². The molecule has 1 rings (SSSR count). The SMILES string of the molecule is COc1ccc(CN=C(N)NC(C)(C)C)cc1C. The van der Waals surface area contributed by atoms with Crippen LogP contribution in [0.3, 0.4) is 0 Å². The first kappa shape index (κ1) is 14.4. The van der Waals surface area contributed by atoms with Crippen molar-refractivity contribution >= 4 is 5.96 Å². The molecule has 0 aliphatic heterocycles. The summed E-state index contributed by atoms with van der Waals surface area (Å²) in [4.78, 5) is 4.32. The fourth-order valence-corrected chi connectivity index (χ4v) is 1.64. The Kier molecular flexibility index (Phi) is 4.59. The first-order valence-electron chi connectivity index (χ1n) is 6.03. The molecule has 0 heterocycles. The molecule has 4 heteroatoms. The van der Waals surface area contributed by atoms with Gasteiger partial charge >= 0.3 is 0 Å². The van der Waals surface area contributed by atoms with Gasteiger partial charge in [0.2, 0.25) is 0 Å². The third-order valence-electron chi connectivity index (χ3n) is 2.39. The Labute approximate surface area is 109 Å². The molecule has 0 spiro atoms. The zero-order chi connectivity index (χ0) is 13.8. The van der Waals surface area contributed by atoms with Crippen LogP contribution in [0, 0.1) is 6.92 Å². The van der Waals surface area contributed by atoms with E-state index < -0.39 is 0 Å². The molecular formula is C14H23N3O. The second-order valence-electron chi connectivity index (χ2n) is 5.38. The van der Waals surface area contributed by atoms with E-state index in [1.54, 1.807) is 7.11 Å². The van der Waals surface area contributed by atoms with E-state index in [4.69, 9.17) is 10.5 Å². The molecule has 18 heavy (non-hydrogen) atoms. The molecule has 0 bridgehead atoms. The Balaban J connectivity index is 2.68. The van der Waals surface area contributed by atoms with Crippen molar-refractivity contribution in [1.29, 1.82) is 0 Å². The molecule has 0 saturated carbocycles. The summed E-state index contributed by atoms with van der Waals surface area (Å²) in [5.74, 6) is 1.36. The van der Waals surface area contributed by atoms with Gasteiger partial charge in [0.1, 0.15) is 5.75 Å². The van der Waals surface area contributed by atoms with Gasteiger partial charge < -0.3 is 15.8 Å². The summed E-state index contributed by atoms with van der Waals surface area (Å²) in [7, 11) is 1.67. The zero-order valence-corrected chi connectivity index (χ0v) is 11.9. The summed E-state index contributed by atoms with van der Waals surface area (Å²) in [5.41, 5.74) is 7.97. The van der Waals surface area contributed by atoms with Crippen LogP contribution in [0.2, 0.25) is 0 Å². The van der Waals surface area contributed by atoms with Gasteiger partial charge in [-0.3, -0.25) is 0 Å². The largest absolute Gasteiger partial charge is 0.496 e. The minimum absolute atomic E-state index is 0.0661. The van der Waals surface area contributed by atoms with Gasteiger partial charge in [-0.15, -0.1) is 0 Å². The zero-order valence-electron chi connectivity index (χ0n) is 11.9. The van der Waals surface area contributed by atoms with Crippen LogP contribution in [-0.2, 0) is 6.54 Å². The van der Waals surface area contributed by atoms with Crippen LogP contribution in [0.15, 0.2) is 23.2 Å². The van der Waals surface area contributed by atoms with Gasteiger partial charge in [0.05, 0.1) is 13.7 Å². The van der Waals surface area contributed by atoms with Crippen LogP contribution in [-0.4, -0.2) is 18.6 Å². The molecule has 0 aliphatic carbocycles. The molecule has 1 aromatic rings. The molecule has 0 amide bonds. The van der Waals surface area contributed by atoms with Gasteiger partial charge in [0.15, 0.2) is 5.96 Å². The summed E-state index contributed by atoms with van der Waals surface area (Å²) in [6.07, 6.45) is 0. The molecule has 0 fully saturated rings. The lowest BCUT2D eigenvalue weighted by molar-refractivity contribution is 0.411. The van der Waals surface area contributed by atoms with E-state index in [2.05, 4.69) is 16.4 Å². The number of aliphatic imine (C=N–C) groups is 1.